The molecule has 0 saturated carbocycles. The van der Waals surface area contributed by atoms with Gasteiger partial charge < -0.3 is 15.4 Å². The normalized spacial score (nSPS) is 16.7. The molecule has 0 radical (unpaired) electrons. The Morgan fingerprint density at radius 2 is 1.83 bits per heavy atom. The number of amides is 2. The van der Waals surface area contributed by atoms with Crippen LogP contribution in [0.4, 0.5) is 0 Å². The SMILES string of the molecule is CC(=O)NC(CC(=O)NC1(c2cccc(Br)c2)CCOCC1)c1ccc(C)cc1. The van der Waals surface area contributed by atoms with E-state index in [4.69, 9.17) is 4.74 Å². The largest absolute Gasteiger partial charge is 0.381 e. The molecule has 1 aliphatic rings. The lowest BCUT2D eigenvalue weighted by atomic mass is 9.82. The lowest BCUT2D eigenvalue weighted by Gasteiger charge is -2.39. The fourth-order valence-corrected chi connectivity index (χ4v) is 4.19. The molecule has 5 nitrogen and oxygen atoms in total. The number of ether oxygens (including phenoxy) is 1. The zero-order valence-corrected chi connectivity index (χ0v) is 18.4. The van der Waals surface area contributed by atoms with E-state index in [0.717, 1.165) is 21.2 Å². The van der Waals surface area contributed by atoms with Crippen LogP contribution < -0.4 is 10.6 Å². The minimum atomic E-state index is -0.465. The fraction of sp³-hybridized carbons (Fsp3) is 0.391. The molecule has 1 fully saturated rings. The average molecular weight is 459 g/mol. The Morgan fingerprint density at radius 3 is 2.45 bits per heavy atom. The monoisotopic (exact) mass is 458 g/mol. The quantitative estimate of drug-likeness (QED) is 0.682. The molecule has 0 spiro atoms. The maximum atomic E-state index is 13.1. The maximum absolute atomic E-state index is 13.1. The van der Waals surface area contributed by atoms with E-state index >= 15 is 0 Å². The molecule has 6 heteroatoms. The van der Waals surface area contributed by atoms with Gasteiger partial charge in [0.1, 0.15) is 0 Å². The van der Waals surface area contributed by atoms with E-state index in [1.165, 1.54) is 6.92 Å². The fourth-order valence-electron chi connectivity index (χ4n) is 3.79. The van der Waals surface area contributed by atoms with E-state index in [-0.39, 0.29) is 24.3 Å². The maximum Gasteiger partial charge on any atom is 0.223 e. The summed E-state index contributed by atoms with van der Waals surface area (Å²) < 4.78 is 6.53. The average Bonchev–Trinajstić information content (AvgIpc) is 2.68. The molecular weight excluding hydrogens is 432 g/mol. The van der Waals surface area contributed by atoms with Gasteiger partial charge in [0.2, 0.25) is 11.8 Å². The van der Waals surface area contributed by atoms with Gasteiger partial charge in [-0.3, -0.25) is 9.59 Å². The summed E-state index contributed by atoms with van der Waals surface area (Å²) >= 11 is 3.53. The highest BCUT2D eigenvalue weighted by molar-refractivity contribution is 9.10. The number of hydrogen-bond acceptors (Lipinski definition) is 3. The Morgan fingerprint density at radius 1 is 1.14 bits per heavy atom. The van der Waals surface area contributed by atoms with Crippen LogP contribution in [0, 0.1) is 6.92 Å². The second kappa shape index (κ2) is 9.55. The Balaban J connectivity index is 1.80. The molecule has 0 bridgehead atoms. The van der Waals surface area contributed by atoms with Crippen molar-refractivity contribution >= 4 is 27.7 Å². The molecule has 2 aromatic carbocycles. The van der Waals surface area contributed by atoms with Gasteiger partial charge in [-0.25, -0.2) is 0 Å². The number of aryl methyl sites for hydroxylation is 1. The molecule has 2 amide bonds. The van der Waals surface area contributed by atoms with Gasteiger partial charge in [0.15, 0.2) is 0 Å². The van der Waals surface area contributed by atoms with Crippen LogP contribution in [0.5, 0.6) is 0 Å². The van der Waals surface area contributed by atoms with Crippen LogP contribution in [0.2, 0.25) is 0 Å². The highest BCUT2D eigenvalue weighted by atomic mass is 79.9. The van der Waals surface area contributed by atoms with Gasteiger partial charge in [-0.2, -0.15) is 0 Å². The Bertz CT molecular complexity index is 861. The van der Waals surface area contributed by atoms with E-state index in [1.807, 2.05) is 49.4 Å². The summed E-state index contributed by atoms with van der Waals surface area (Å²) in [6.45, 7) is 4.68. The molecule has 1 unspecified atom stereocenters. The van der Waals surface area contributed by atoms with Gasteiger partial charge in [0.25, 0.3) is 0 Å². The highest BCUT2D eigenvalue weighted by Gasteiger charge is 2.36. The zero-order valence-electron chi connectivity index (χ0n) is 16.8. The first-order valence-corrected chi connectivity index (χ1v) is 10.7. The predicted molar refractivity (Wildman–Crippen MR) is 116 cm³/mol. The van der Waals surface area contributed by atoms with Crippen molar-refractivity contribution in [1.29, 1.82) is 0 Å². The van der Waals surface area contributed by atoms with Crippen LogP contribution in [-0.4, -0.2) is 25.0 Å². The zero-order chi connectivity index (χ0) is 20.9. The molecule has 1 saturated heterocycles. The van der Waals surface area contributed by atoms with Gasteiger partial charge in [0.05, 0.1) is 18.0 Å². The van der Waals surface area contributed by atoms with E-state index in [1.54, 1.807) is 0 Å². The summed E-state index contributed by atoms with van der Waals surface area (Å²) in [5, 5.41) is 6.18. The topological polar surface area (TPSA) is 67.4 Å². The summed E-state index contributed by atoms with van der Waals surface area (Å²) in [6.07, 6.45) is 1.61. The molecular formula is C23H27BrN2O3. The van der Waals surface area contributed by atoms with Crippen molar-refractivity contribution in [1.82, 2.24) is 10.6 Å². The molecule has 3 rings (SSSR count). The number of nitrogens with one attached hydrogen (secondary N) is 2. The summed E-state index contributed by atoms with van der Waals surface area (Å²) in [5.41, 5.74) is 2.66. The number of benzene rings is 2. The standard InChI is InChI=1S/C23H27BrN2O3/c1-16-6-8-18(9-7-16)21(25-17(2)27)15-22(28)26-23(10-12-29-13-11-23)19-4-3-5-20(24)14-19/h3-9,14,21H,10-13,15H2,1-2H3,(H,25,27)(H,26,28). The molecule has 2 N–H and O–H groups in total. The van der Waals surface area contributed by atoms with Crippen molar-refractivity contribution < 1.29 is 14.3 Å². The summed E-state index contributed by atoms with van der Waals surface area (Å²) in [7, 11) is 0. The van der Waals surface area contributed by atoms with Crippen LogP contribution in [0.1, 0.15) is 48.9 Å². The van der Waals surface area contributed by atoms with E-state index in [0.29, 0.717) is 26.1 Å². The van der Waals surface area contributed by atoms with E-state index < -0.39 is 5.54 Å². The predicted octanol–water partition coefficient (Wildman–Crippen LogP) is 4.15. The Kier molecular flexibility index (Phi) is 7.09. The second-order valence-corrected chi connectivity index (χ2v) is 8.54. The lowest BCUT2D eigenvalue weighted by molar-refractivity contribution is -0.125. The lowest BCUT2D eigenvalue weighted by Crippen LogP contribution is -2.50. The first-order valence-electron chi connectivity index (χ1n) is 9.86. The van der Waals surface area contributed by atoms with Gasteiger partial charge in [-0.05, 0) is 43.0 Å². The molecule has 1 aliphatic heterocycles. The van der Waals surface area contributed by atoms with Crippen molar-refractivity contribution in [2.75, 3.05) is 13.2 Å². The van der Waals surface area contributed by atoms with Crippen molar-refractivity contribution in [3.8, 4) is 0 Å². The summed E-state index contributed by atoms with van der Waals surface area (Å²) in [6, 6.07) is 15.6. The van der Waals surface area contributed by atoms with Crippen LogP contribution in [0.3, 0.4) is 0 Å². The van der Waals surface area contributed by atoms with Crippen molar-refractivity contribution in [2.45, 2.75) is 44.7 Å². The van der Waals surface area contributed by atoms with Gasteiger partial charge in [0, 0.05) is 24.6 Å². The number of carbonyl (C=O) groups excluding carboxylic acids is 2. The molecule has 0 aromatic heterocycles. The molecule has 2 aromatic rings. The third-order valence-corrected chi connectivity index (χ3v) is 5.84. The second-order valence-electron chi connectivity index (χ2n) is 7.62. The molecule has 0 aliphatic carbocycles. The molecule has 29 heavy (non-hydrogen) atoms. The number of hydrogen-bond donors (Lipinski definition) is 2. The smallest absolute Gasteiger partial charge is 0.223 e. The van der Waals surface area contributed by atoms with Gasteiger partial charge in [-0.1, -0.05) is 57.9 Å². The molecule has 154 valence electrons. The third kappa shape index (κ3) is 5.67. The minimum absolute atomic E-state index is 0.0915. The third-order valence-electron chi connectivity index (χ3n) is 5.35. The van der Waals surface area contributed by atoms with E-state index in [9.17, 15) is 9.59 Å². The highest BCUT2D eigenvalue weighted by Crippen LogP contribution is 2.34. The van der Waals surface area contributed by atoms with E-state index in [2.05, 4.69) is 32.6 Å². The van der Waals surface area contributed by atoms with Crippen LogP contribution >= 0.6 is 15.9 Å². The molecule has 1 atom stereocenters. The van der Waals surface area contributed by atoms with Crippen LogP contribution in [0.15, 0.2) is 53.0 Å². The van der Waals surface area contributed by atoms with Crippen molar-refractivity contribution in [2.24, 2.45) is 0 Å². The minimum Gasteiger partial charge on any atom is -0.381 e. The first kappa shape index (κ1) is 21.5. The number of halogens is 1. The summed E-state index contributed by atoms with van der Waals surface area (Å²) in [5.74, 6) is -0.248. The summed E-state index contributed by atoms with van der Waals surface area (Å²) in [4.78, 5) is 24.8. The van der Waals surface area contributed by atoms with Crippen molar-refractivity contribution in [3.63, 3.8) is 0 Å². The Hall–Kier alpha value is -2.18. The van der Waals surface area contributed by atoms with Gasteiger partial charge >= 0.3 is 0 Å². The van der Waals surface area contributed by atoms with Crippen molar-refractivity contribution in [3.05, 3.63) is 69.7 Å². The number of carbonyl (C=O) groups is 2. The van der Waals surface area contributed by atoms with Gasteiger partial charge in [-0.15, -0.1) is 0 Å². The Labute approximate surface area is 180 Å². The molecule has 1 heterocycles. The van der Waals surface area contributed by atoms with Crippen LogP contribution in [-0.2, 0) is 19.9 Å². The van der Waals surface area contributed by atoms with Crippen LogP contribution in [0.25, 0.3) is 0 Å². The first-order chi connectivity index (χ1) is 13.9. The number of rotatable bonds is 6.